The van der Waals surface area contributed by atoms with Crippen LogP contribution in [0.4, 0.5) is 5.69 Å². The first kappa shape index (κ1) is 91.0. The molecule has 0 radical (unpaired) electrons. The van der Waals surface area contributed by atoms with Crippen molar-refractivity contribution in [1.82, 2.24) is 0 Å². The lowest BCUT2D eigenvalue weighted by molar-refractivity contribution is -0.138. The number of Topliss-reactive ketones (excluding diaryl/α,β-unsaturated/α-hetero) is 1. The highest BCUT2D eigenvalue weighted by Gasteiger charge is 2.11. The lowest BCUT2D eigenvalue weighted by atomic mass is 10.2. The Balaban J connectivity index is -0.000000196. The maximum Gasteiger partial charge on any atom is 0.330 e. The Kier molecular flexibility index (Phi) is 87.4. The van der Waals surface area contributed by atoms with E-state index < -0.39 is 11.9 Å². The fourth-order valence-corrected chi connectivity index (χ4v) is 5.31. The van der Waals surface area contributed by atoms with Crippen LogP contribution in [0, 0.1) is 0 Å². The summed E-state index contributed by atoms with van der Waals surface area (Å²) in [5, 5.41) is 0.312. The molecule has 460 valence electrons. The molecule has 0 aliphatic carbocycles. The molecule has 0 saturated heterocycles. The van der Waals surface area contributed by atoms with Gasteiger partial charge in [-0.05, 0) is 150 Å². The van der Waals surface area contributed by atoms with Gasteiger partial charge in [-0.1, -0.05) is 126 Å². The number of thioether (sulfide) groups is 1. The molecule has 0 aliphatic rings. The van der Waals surface area contributed by atoms with Crippen LogP contribution in [0.1, 0.15) is 164 Å². The normalized spacial score (nSPS) is 8.80. The number of ketones is 1. The first-order valence-electron chi connectivity index (χ1n) is 27.6. The second-order valence-corrected chi connectivity index (χ2v) is 16.2. The molecule has 81 heavy (non-hydrogen) atoms. The van der Waals surface area contributed by atoms with Crippen LogP contribution in [-0.4, -0.2) is 88.9 Å². The summed E-state index contributed by atoms with van der Waals surface area (Å²) in [5.74, 6) is 0.335. The van der Waals surface area contributed by atoms with Crippen molar-refractivity contribution >= 4 is 64.1 Å². The maximum atomic E-state index is 12.8. The van der Waals surface area contributed by atoms with Crippen LogP contribution in [-0.2, 0) is 42.9 Å². The molecule has 3 aromatic carbocycles. The molecule has 0 atom stereocenters. The Morgan fingerprint density at radius 3 is 1.23 bits per heavy atom. The third kappa shape index (κ3) is 71.5. The highest BCUT2D eigenvalue weighted by molar-refractivity contribution is 8.14. The minimum atomic E-state index is -0.433. The summed E-state index contributed by atoms with van der Waals surface area (Å²) in [4.78, 5) is 60.0. The SMILES string of the molecule is C=C.C=CC.C=CC(=O)OCCCCO/C=C/C.C=CC(=O)OCCCCOc1ccc(C=Nc2ccc(SC(=O)c3ccc(OCCCCOC(=O)C=C)cc3)cc2Cl)cc1.CC.CC.CC.CC(C)=O.CCC.CCC.COC. The van der Waals surface area contributed by atoms with Crippen molar-refractivity contribution in [3.05, 3.63) is 159 Å². The van der Waals surface area contributed by atoms with Crippen LogP contribution in [0.2, 0.25) is 5.02 Å². The second-order valence-electron chi connectivity index (χ2n) is 14.8. The maximum absolute atomic E-state index is 12.8. The first-order chi connectivity index (χ1) is 39.1. The van der Waals surface area contributed by atoms with Gasteiger partial charge in [-0.15, -0.1) is 19.7 Å². The number of esters is 3. The molecule has 15 heteroatoms. The van der Waals surface area contributed by atoms with E-state index in [1.165, 1.54) is 26.7 Å². The molecule has 0 heterocycles. The number of methoxy groups -OCH3 is 1. The Morgan fingerprint density at radius 1 is 0.568 bits per heavy atom. The van der Waals surface area contributed by atoms with Gasteiger partial charge in [0.25, 0.3) is 0 Å². The molecular weight excluding hydrogens is 1070 g/mol. The lowest BCUT2D eigenvalue weighted by Gasteiger charge is -2.08. The van der Waals surface area contributed by atoms with Crippen LogP contribution < -0.4 is 9.47 Å². The third-order valence-corrected chi connectivity index (χ3v) is 8.40. The standard InChI is InChI=1S/C34H34ClNO7S.C10H16O3.C3H6O.2C3H8.C3H6.C2H6O.3C2H6.C2H4/c1-3-32(37)42-21-7-5-19-40-27-13-9-25(10-14-27)24-36-31-18-17-29(23-30(31)35)44-34(39)26-11-15-28(16-12-26)41-20-6-8-22-43-33(38)4-2;1-3-7-12-8-5-6-9-13-10(11)4-2;1-3(2)4;4*1-3-2;4*1-2/h3-4,9-18,23-24H,1-2,5-8,19-22H2;3-4,7H,2,5-6,8-9H2,1H3;1-2H3;2*3H2,1-2H3;3H,1H2,2H3;1-2H3;3*1-2H3;1-2H2/b;7-3+;;;;;;;;;. The van der Waals surface area contributed by atoms with Gasteiger partial charge >= 0.3 is 17.9 Å². The van der Waals surface area contributed by atoms with E-state index in [4.69, 9.17) is 40.0 Å². The number of aliphatic imine (C=N–C) groups is 1. The van der Waals surface area contributed by atoms with Crippen molar-refractivity contribution in [2.24, 2.45) is 4.99 Å². The minimum absolute atomic E-state index is 0.119. The first-order valence-corrected chi connectivity index (χ1v) is 28.8. The lowest BCUT2D eigenvalue weighted by Crippen LogP contribution is -2.04. The van der Waals surface area contributed by atoms with Gasteiger partial charge in [0, 0.05) is 49.1 Å². The fraction of sp³-hybridized carbons (Fsp3) is 0.455. The van der Waals surface area contributed by atoms with Crippen LogP contribution in [0.3, 0.4) is 0 Å². The fourth-order valence-electron chi connectivity index (χ4n) is 4.24. The Labute approximate surface area is 501 Å². The molecule has 0 unspecified atom stereocenters. The van der Waals surface area contributed by atoms with Gasteiger partial charge in [-0.3, -0.25) is 9.79 Å². The minimum Gasteiger partial charge on any atom is -0.502 e. The van der Waals surface area contributed by atoms with E-state index in [-0.39, 0.29) is 16.9 Å². The Hall–Kier alpha value is -6.48. The average molecular weight is 1170 g/mol. The van der Waals surface area contributed by atoms with Crippen molar-refractivity contribution in [3.63, 3.8) is 0 Å². The van der Waals surface area contributed by atoms with E-state index in [0.29, 0.717) is 79.4 Å². The van der Waals surface area contributed by atoms with Crippen LogP contribution in [0.25, 0.3) is 0 Å². The van der Waals surface area contributed by atoms with Crippen molar-refractivity contribution < 1.29 is 57.1 Å². The number of nitrogens with zero attached hydrogens (tertiary/aromatic N) is 1. The second kappa shape index (κ2) is 77.7. The van der Waals surface area contributed by atoms with E-state index in [1.54, 1.807) is 75.2 Å². The zero-order valence-electron chi connectivity index (χ0n) is 52.7. The molecule has 0 amide bonds. The topological polar surface area (TPSA) is 162 Å². The van der Waals surface area contributed by atoms with Crippen LogP contribution >= 0.6 is 23.4 Å². The third-order valence-electron chi connectivity index (χ3n) is 7.19. The molecular formula is C66H106ClNO12S. The summed E-state index contributed by atoms with van der Waals surface area (Å²) in [7, 11) is 3.25. The van der Waals surface area contributed by atoms with Crippen molar-refractivity contribution in [2.45, 2.75) is 153 Å². The summed E-state index contributed by atoms with van der Waals surface area (Å²) < 4.78 is 35.4. The number of rotatable bonds is 25. The van der Waals surface area contributed by atoms with Crippen LogP contribution in [0.15, 0.2) is 153 Å². The molecule has 0 fully saturated rings. The van der Waals surface area contributed by atoms with Crippen LogP contribution in [0.5, 0.6) is 11.5 Å². The van der Waals surface area contributed by atoms with Gasteiger partial charge in [-0.25, -0.2) is 14.4 Å². The summed E-state index contributed by atoms with van der Waals surface area (Å²) in [6.45, 7) is 49.4. The predicted molar refractivity (Wildman–Crippen MR) is 347 cm³/mol. The molecule has 3 aromatic rings. The zero-order valence-corrected chi connectivity index (χ0v) is 54.2. The van der Waals surface area contributed by atoms with Gasteiger partial charge in [-0.2, -0.15) is 0 Å². The van der Waals surface area contributed by atoms with E-state index >= 15 is 0 Å². The molecule has 3 rings (SSSR count). The quantitative estimate of drug-likeness (QED) is 0.0115. The number of hydrogen-bond donors (Lipinski definition) is 0. The summed E-state index contributed by atoms with van der Waals surface area (Å²) >= 11 is 7.54. The molecule has 0 N–H and O–H groups in total. The number of ether oxygens (including phenoxy) is 7. The van der Waals surface area contributed by atoms with Gasteiger partial charge in [0.1, 0.15) is 17.3 Å². The Morgan fingerprint density at radius 2 is 0.901 bits per heavy atom. The number of hydrogen-bond acceptors (Lipinski definition) is 14. The van der Waals surface area contributed by atoms with E-state index in [1.807, 2.05) is 85.7 Å². The smallest absolute Gasteiger partial charge is 0.330 e. The molecule has 0 spiro atoms. The highest BCUT2D eigenvalue weighted by Crippen LogP contribution is 2.32. The molecule has 0 saturated carbocycles. The number of carbonyl (C=O) groups is 5. The molecule has 0 aromatic heterocycles. The van der Waals surface area contributed by atoms with E-state index in [0.717, 1.165) is 67.0 Å². The highest BCUT2D eigenvalue weighted by atomic mass is 35.5. The molecule has 0 aliphatic heterocycles. The van der Waals surface area contributed by atoms with Gasteiger partial charge in [0.2, 0.25) is 5.12 Å². The van der Waals surface area contributed by atoms with E-state index in [9.17, 15) is 24.0 Å². The van der Waals surface area contributed by atoms with Crippen molar-refractivity contribution in [2.75, 3.05) is 53.9 Å². The molecule has 0 bridgehead atoms. The summed E-state index contributed by atoms with van der Waals surface area (Å²) in [6.07, 6.45) is 17.5. The summed E-state index contributed by atoms with van der Waals surface area (Å²) in [6, 6.07) is 19.7. The number of allylic oxidation sites excluding steroid dienone is 2. The van der Waals surface area contributed by atoms with Gasteiger partial charge < -0.3 is 38.0 Å². The number of carbonyl (C=O) groups excluding carboxylic acids is 5. The van der Waals surface area contributed by atoms with Crippen molar-refractivity contribution in [3.8, 4) is 11.5 Å². The van der Waals surface area contributed by atoms with Gasteiger partial charge in [0.15, 0.2) is 0 Å². The predicted octanol–water partition coefficient (Wildman–Crippen LogP) is 18.6. The van der Waals surface area contributed by atoms with E-state index in [2.05, 4.69) is 76.9 Å². The summed E-state index contributed by atoms with van der Waals surface area (Å²) in [5.41, 5.74) is 2.00. The Bertz CT molecular complexity index is 1990. The van der Waals surface area contributed by atoms with Crippen molar-refractivity contribution in [1.29, 1.82) is 0 Å². The zero-order chi connectivity index (χ0) is 63.9. The van der Waals surface area contributed by atoms with Gasteiger partial charge in [0.05, 0.1) is 56.6 Å². The largest absolute Gasteiger partial charge is 0.502 e. The number of benzene rings is 3. The average Bonchev–Trinajstić information content (AvgIpc) is 3.47. The number of unbranched alkanes of at least 4 members (excludes halogenated alkanes) is 3. The monoisotopic (exact) mass is 1170 g/mol. The molecule has 13 nitrogen and oxygen atoms in total. The number of halogens is 1.